The number of hydrogen-bond donors (Lipinski definition) is 1. The van der Waals surface area contributed by atoms with Crippen molar-refractivity contribution in [2.45, 2.75) is 39.4 Å². The van der Waals surface area contributed by atoms with E-state index in [0.717, 1.165) is 12.3 Å². The molecule has 0 aliphatic rings. The first kappa shape index (κ1) is 26.9. The Morgan fingerprint density at radius 3 is 2.27 bits per heavy atom. The fourth-order valence-corrected chi connectivity index (χ4v) is 4.39. The summed E-state index contributed by atoms with van der Waals surface area (Å²) in [5.74, 6) is -1.94. The van der Waals surface area contributed by atoms with Crippen LogP contribution in [0.4, 0.5) is 10.1 Å². The van der Waals surface area contributed by atoms with Gasteiger partial charge in [-0.25, -0.2) is 12.8 Å². The maximum atomic E-state index is 14.4. The van der Waals surface area contributed by atoms with Gasteiger partial charge in [-0.15, -0.1) is 0 Å². The molecule has 1 N–H and O–H groups in total. The smallest absolute Gasteiger partial charge is 0.244 e. The van der Waals surface area contributed by atoms with Crippen molar-refractivity contribution in [1.29, 1.82) is 0 Å². The first-order chi connectivity index (χ1) is 15.3. The molecule has 33 heavy (non-hydrogen) atoms. The van der Waals surface area contributed by atoms with Crippen LogP contribution in [0.15, 0.2) is 42.5 Å². The Labute approximate surface area is 203 Å². The number of amides is 2. The molecule has 0 aliphatic carbocycles. The van der Waals surface area contributed by atoms with Gasteiger partial charge in [-0.3, -0.25) is 13.9 Å². The van der Waals surface area contributed by atoms with Crippen LogP contribution in [0.5, 0.6) is 0 Å². The van der Waals surface area contributed by atoms with E-state index in [-0.39, 0.29) is 23.3 Å². The van der Waals surface area contributed by atoms with Crippen LogP contribution < -0.4 is 9.62 Å². The largest absolute Gasteiger partial charge is 0.352 e. The number of carbonyl (C=O) groups is 2. The van der Waals surface area contributed by atoms with E-state index >= 15 is 0 Å². The monoisotopic (exact) mass is 517 g/mol. The van der Waals surface area contributed by atoms with Gasteiger partial charge in [0.05, 0.1) is 11.9 Å². The maximum absolute atomic E-state index is 14.4. The zero-order valence-corrected chi connectivity index (χ0v) is 21.0. The maximum Gasteiger partial charge on any atom is 0.244 e. The molecule has 1 atom stereocenters. The lowest BCUT2D eigenvalue weighted by Crippen LogP contribution is -2.52. The van der Waals surface area contributed by atoms with Crippen molar-refractivity contribution < 1.29 is 22.4 Å². The topological polar surface area (TPSA) is 86.8 Å². The van der Waals surface area contributed by atoms with E-state index in [4.69, 9.17) is 23.2 Å². The summed E-state index contributed by atoms with van der Waals surface area (Å²) in [5.41, 5.74) is 0.243. The van der Waals surface area contributed by atoms with E-state index in [1.54, 1.807) is 26.0 Å². The average molecular weight is 518 g/mol. The summed E-state index contributed by atoms with van der Waals surface area (Å²) in [7, 11) is -4.02. The zero-order chi connectivity index (χ0) is 24.9. The van der Waals surface area contributed by atoms with Gasteiger partial charge in [-0.1, -0.05) is 41.4 Å². The second-order valence-electron chi connectivity index (χ2n) is 7.82. The van der Waals surface area contributed by atoms with Gasteiger partial charge in [-0.05, 0) is 50.6 Å². The highest BCUT2D eigenvalue weighted by Gasteiger charge is 2.31. The Bertz CT molecular complexity index is 1130. The highest BCUT2D eigenvalue weighted by atomic mass is 35.5. The molecule has 2 aromatic rings. The number of carbonyl (C=O) groups excluding carboxylic acids is 2. The summed E-state index contributed by atoms with van der Waals surface area (Å²) in [6.45, 7) is 4.28. The van der Waals surface area contributed by atoms with Gasteiger partial charge in [0.25, 0.3) is 0 Å². The normalized spacial score (nSPS) is 12.4. The van der Waals surface area contributed by atoms with Crippen LogP contribution in [-0.4, -0.2) is 50.0 Å². The summed E-state index contributed by atoms with van der Waals surface area (Å²) >= 11 is 12.2. The average Bonchev–Trinajstić information content (AvgIpc) is 2.70. The van der Waals surface area contributed by atoms with Crippen LogP contribution in [0.3, 0.4) is 0 Å². The summed E-state index contributed by atoms with van der Waals surface area (Å²) in [4.78, 5) is 27.2. The predicted molar refractivity (Wildman–Crippen MR) is 128 cm³/mol. The van der Waals surface area contributed by atoms with Crippen molar-refractivity contribution in [1.82, 2.24) is 10.2 Å². The zero-order valence-electron chi connectivity index (χ0n) is 18.7. The molecular formula is C22H26Cl2FN3O4S. The fourth-order valence-electron chi connectivity index (χ4n) is 3.07. The van der Waals surface area contributed by atoms with Gasteiger partial charge in [0.1, 0.15) is 18.4 Å². The lowest BCUT2D eigenvalue weighted by Gasteiger charge is -2.32. The highest BCUT2D eigenvalue weighted by Crippen LogP contribution is 2.25. The molecule has 0 saturated heterocycles. The van der Waals surface area contributed by atoms with Gasteiger partial charge in [0, 0.05) is 22.6 Å². The molecule has 2 aromatic carbocycles. The Hall–Kier alpha value is -2.36. The number of para-hydroxylation sites is 1. The van der Waals surface area contributed by atoms with Crippen molar-refractivity contribution in [2.75, 3.05) is 17.1 Å². The molecule has 0 saturated carbocycles. The van der Waals surface area contributed by atoms with Crippen molar-refractivity contribution in [3.63, 3.8) is 0 Å². The minimum absolute atomic E-state index is 0.0869. The number of anilines is 1. The standard InChI is InChI=1S/C22H26Cl2FN3O4S/c1-14(2)26-22(30)15(3)27(12-16-9-10-17(23)11-18(16)24)21(29)13-28(33(4,31)32)20-8-6-5-7-19(20)25/h5-11,14-15H,12-13H2,1-4H3,(H,26,30)/t15-/m0/s1. The molecule has 0 aromatic heterocycles. The van der Waals surface area contributed by atoms with Crippen molar-refractivity contribution in [3.05, 3.63) is 63.9 Å². The quantitative estimate of drug-likeness (QED) is 0.547. The van der Waals surface area contributed by atoms with E-state index in [1.807, 2.05) is 0 Å². The van der Waals surface area contributed by atoms with Crippen LogP contribution >= 0.6 is 23.2 Å². The van der Waals surface area contributed by atoms with E-state index in [0.29, 0.717) is 14.9 Å². The number of nitrogens with one attached hydrogen (secondary N) is 1. The molecular weight excluding hydrogens is 492 g/mol. The molecule has 0 spiro atoms. The molecule has 0 heterocycles. The Morgan fingerprint density at radius 2 is 1.73 bits per heavy atom. The van der Waals surface area contributed by atoms with Crippen molar-refractivity contribution >= 4 is 50.7 Å². The molecule has 0 bridgehead atoms. The summed E-state index contributed by atoms with van der Waals surface area (Å²) in [6.07, 6.45) is 0.877. The summed E-state index contributed by atoms with van der Waals surface area (Å²) in [5, 5.41) is 3.41. The Kier molecular flexibility index (Phi) is 9.11. The number of nitrogens with zero attached hydrogens (tertiary/aromatic N) is 2. The van der Waals surface area contributed by atoms with Crippen LogP contribution in [0.25, 0.3) is 0 Å². The first-order valence-corrected chi connectivity index (χ1v) is 12.7. The third kappa shape index (κ3) is 7.31. The molecule has 0 radical (unpaired) electrons. The summed E-state index contributed by atoms with van der Waals surface area (Å²) in [6, 6.07) is 8.80. The van der Waals surface area contributed by atoms with Crippen LogP contribution in [0.1, 0.15) is 26.3 Å². The van der Waals surface area contributed by atoms with E-state index in [1.165, 1.54) is 36.1 Å². The Morgan fingerprint density at radius 1 is 1.09 bits per heavy atom. The third-order valence-electron chi connectivity index (χ3n) is 4.75. The molecule has 2 amide bonds. The van der Waals surface area contributed by atoms with E-state index in [2.05, 4.69) is 5.32 Å². The van der Waals surface area contributed by atoms with Crippen LogP contribution in [0.2, 0.25) is 10.0 Å². The fraction of sp³-hybridized carbons (Fsp3) is 0.364. The molecule has 2 rings (SSSR count). The minimum Gasteiger partial charge on any atom is -0.352 e. The third-order valence-corrected chi connectivity index (χ3v) is 6.47. The van der Waals surface area contributed by atoms with Crippen LogP contribution in [0, 0.1) is 5.82 Å². The highest BCUT2D eigenvalue weighted by molar-refractivity contribution is 7.92. The van der Waals surface area contributed by atoms with Crippen LogP contribution in [-0.2, 0) is 26.2 Å². The number of benzene rings is 2. The number of rotatable bonds is 9. The first-order valence-electron chi connectivity index (χ1n) is 10.1. The predicted octanol–water partition coefficient (Wildman–Crippen LogP) is 3.84. The van der Waals surface area contributed by atoms with Crippen molar-refractivity contribution in [3.8, 4) is 0 Å². The molecule has 7 nitrogen and oxygen atoms in total. The van der Waals surface area contributed by atoms with Gasteiger partial charge >= 0.3 is 0 Å². The molecule has 11 heteroatoms. The van der Waals surface area contributed by atoms with Gasteiger partial charge in [-0.2, -0.15) is 0 Å². The molecule has 0 aliphatic heterocycles. The van der Waals surface area contributed by atoms with Gasteiger partial charge < -0.3 is 10.2 Å². The lowest BCUT2D eigenvalue weighted by atomic mass is 10.1. The Balaban J connectivity index is 2.44. The van der Waals surface area contributed by atoms with E-state index in [9.17, 15) is 22.4 Å². The molecule has 180 valence electrons. The summed E-state index contributed by atoms with van der Waals surface area (Å²) < 4.78 is 39.9. The molecule has 0 unspecified atom stereocenters. The number of sulfonamides is 1. The van der Waals surface area contributed by atoms with Crippen molar-refractivity contribution in [2.24, 2.45) is 0 Å². The molecule has 0 fully saturated rings. The van der Waals surface area contributed by atoms with Gasteiger partial charge in [0.2, 0.25) is 21.8 Å². The van der Waals surface area contributed by atoms with Gasteiger partial charge in [0.15, 0.2) is 0 Å². The number of halogens is 3. The van der Waals surface area contributed by atoms with E-state index < -0.39 is 40.2 Å². The second-order valence-corrected chi connectivity index (χ2v) is 10.6. The number of hydrogen-bond acceptors (Lipinski definition) is 4. The second kappa shape index (κ2) is 11.2. The lowest BCUT2D eigenvalue weighted by molar-refractivity contribution is -0.139. The minimum atomic E-state index is -4.02. The SMILES string of the molecule is CC(C)NC(=O)[C@H](C)N(Cc1ccc(Cl)cc1Cl)C(=O)CN(c1ccccc1F)S(C)(=O)=O.